The molecule has 3 aromatic rings. The smallest absolute Gasteiger partial charge is 0.433 e. The standard InChI is InChI=1S/C28H25BO6/c29-23-15-31-24-16-32-27(17-8-2-1-3-9-17)34-26(24)25(23)35-28(30)33-14-22-20-12-6-4-10-18(20)19-11-5-7-13-21(19)22/h1-13,22-27H,14-16H2/t23?,24?,25?,26-,27?/m0/s1. The highest BCUT2D eigenvalue weighted by Gasteiger charge is 2.46. The third kappa shape index (κ3) is 4.24. The second kappa shape index (κ2) is 9.49. The van der Waals surface area contributed by atoms with Crippen LogP contribution < -0.4 is 0 Å². The maximum atomic E-state index is 12.8. The molecule has 0 aromatic heterocycles. The minimum atomic E-state index is -0.765. The van der Waals surface area contributed by atoms with Crippen LogP contribution in [0.4, 0.5) is 4.79 Å². The van der Waals surface area contributed by atoms with E-state index in [0.717, 1.165) is 16.7 Å². The van der Waals surface area contributed by atoms with Crippen LogP contribution in [-0.4, -0.2) is 52.1 Å². The minimum absolute atomic E-state index is 0.0483. The fraction of sp³-hybridized carbons (Fsp3) is 0.321. The Hall–Kier alpha value is -3.13. The van der Waals surface area contributed by atoms with Crippen molar-refractivity contribution in [3.63, 3.8) is 0 Å². The first-order valence-corrected chi connectivity index (χ1v) is 11.9. The van der Waals surface area contributed by atoms with Crippen LogP contribution in [0.5, 0.6) is 0 Å². The molecule has 2 saturated heterocycles. The van der Waals surface area contributed by atoms with Crippen molar-refractivity contribution in [1.82, 2.24) is 0 Å². The Bertz CT molecular complexity index is 1160. The van der Waals surface area contributed by atoms with E-state index in [1.807, 2.05) is 54.6 Å². The van der Waals surface area contributed by atoms with Gasteiger partial charge in [-0.2, -0.15) is 0 Å². The van der Waals surface area contributed by atoms with Crippen molar-refractivity contribution in [1.29, 1.82) is 0 Å². The Morgan fingerprint density at radius 3 is 2.23 bits per heavy atom. The van der Waals surface area contributed by atoms with E-state index in [0.29, 0.717) is 6.61 Å². The van der Waals surface area contributed by atoms with Crippen LogP contribution in [0.15, 0.2) is 78.9 Å². The predicted octanol–water partition coefficient (Wildman–Crippen LogP) is 4.79. The third-order valence-electron chi connectivity index (χ3n) is 6.94. The van der Waals surface area contributed by atoms with E-state index in [2.05, 4.69) is 24.3 Å². The van der Waals surface area contributed by atoms with Gasteiger partial charge in [0.15, 0.2) is 6.29 Å². The van der Waals surface area contributed by atoms with Gasteiger partial charge in [-0.15, -0.1) is 0 Å². The van der Waals surface area contributed by atoms with Gasteiger partial charge < -0.3 is 23.7 Å². The zero-order chi connectivity index (χ0) is 23.8. The van der Waals surface area contributed by atoms with Crippen molar-refractivity contribution in [3.8, 4) is 11.1 Å². The molecule has 2 fully saturated rings. The number of ether oxygens (including phenoxy) is 5. The molecule has 0 bridgehead atoms. The highest BCUT2D eigenvalue weighted by molar-refractivity contribution is 6.12. The summed E-state index contributed by atoms with van der Waals surface area (Å²) in [6.45, 7) is 0.739. The van der Waals surface area contributed by atoms with E-state index < -0.39 is 30.5 Å². The molecule has 7 heteroatoms. The normalized spacial score (nSPS) is 27.4. The quantitative estimate of drug-likeness (QED) is 0.405. The summed E-state index contributed by atoms with van der Waals surface area (Å²) in [6, 6.07) is 26.0. The molecule has 3 aliphatic rings. The second-order valence-electron chi connectivity index (χ2n) is 9.08. The molecule has 6 nitrogen and oxygen atoms in total. The van der Waals surface area contributed by atoms with Gasteiger partial charge >= 0.3 is 6.16 Å². The number of rotatable bonds is 4. The van der Waals surface area contributed by atoms with Crippen molar-refractivity contribution < 1.29 is 28.5 Å². The molecule has 35 heavy (non-hydrogen) atoms. The molecule has 2 aliphatic heterocycles. The molecule has 2 radical (unpaired) electrons. The molecule has 0 N–H and O–H groups in total. The van der Waals surface area contributed by atoms with Crippen LogP contribution in [0.1, 0.15) is 28.9 Å². The predicted molar refractivity (Wildman–Crippen MR) is 129 cm³/mol. The molecule has 0 spiro atoms. The largest absolute Gasteiger partial charge is 0.508 e. The van der Waals surface area contributed by atoms with Crippen molar-refractivity contribution >= 4 is 14.0 Å². The lowest BCUT2D eigenvalue weighted by molar-refractivity contribution is -0.299. The van der Waals surface area contributed by atoms with Gasteiger partial charge in [0.25, 0.3) is 0 Å². The summed E-state index contributed by atoms with van der Waals surface area (Å²) in [5, 5.41) is 0. The minimum Gasteiger partial charge on any atom is -0.433 e. The van der Waals surface area contributed by atoms with Crippen LogP contribution in [0.3, 0.4) is 0 Å². The zero-order valence-corrected chi connectivity index (χ0v) is 19.1. The number of hydrogen-bond acceptors (Lipinski definition) is 6. The first-order valence-electron chi connectivity index (χ1n) is 11.9. The molecule has 2 heterocycles. The van der Waals surface area contributed by atoms with Gasteiger partial charge in [0.05, 0.1) is 14.5 Å². The van der Waals surface area contributed by atoms with Crippen molar-refractivity contribution in [3.05, 3.63) is 95.6 Å². The molecular weight excluding hydrogens is 443 g/mol. The molecular formula is C28H25BO6. The maximum Gasteiger partial charge on any atom is 0.508 e. The van der Waals surface area contributed by atoms with Crippen LogP contribution in [-0.2, 0) is 23.7 Å². The number of fused-ring (bicyclic) bond motifs is 4. The van der Waals surface area contributed by atoms with E-state index >= 15 is 0 Å². The van der Waals surface area contributed by atoms with Crippen molar-refractivity contribution in [2.45, 2.75) is 36.3 Å². The van der Waals surface area contributed by atoms with Gasteiger partial charge in [0.2, 0.25) is 0 Å². The summed E-state index contributed by atoms with van der Waals surface area (Å²) < 4.78 is 29.2. The fourth-order valence-corrected chi connectivity index (χ4v) is 5.23. The van der Waals surface area contributed by atoms with E-state index in [-0.39, 0.29) is 25.2 Å². The van der Waals surface area contributed by atoms with Crippen LogP contribution in [0.25, 0.3) is 11.1 Å². The molecule has 3 aromatic carbocycles. The fourth-order valence-electron chi connectivity index (χ4n) is 5.23. The lowest BCUT2D eigenvalue weighted by atomic mass is 9.77. The average Bonchev–Trinajstić information content (AvgIpc) is 3.23. The number of carbonyl (C=O) groups excluding carboxylic acids is 1. The summed E-state index contributed by atoms with van der Waals surface area (Å²) >= 11 is 0. The second-order valence-corrected chi connectivity index (χ2v) is 9.08. The van der Waals surface area contributed by atoms with Gasteiger partial charge in [0, 0.05) is 18.1 Å². The van der Waals surface area contributed by atoms with E-state index in [9.17, 15) is 4.79 Å². The Kier molecular flexibility index (Phi) is 6.06. The van der Waals surface area contributed by atoms with Crippen LogP contribution in [0.2, 0.25) is 5.82 Å². The monoisotopic (exact) mass is 468 g/mol. The summed E-state index contributed by atoms with van der Waals surface area (Å²) in [5.74, 6) is -0.584. The SMILES string of the molecule is [B]C1COC2COC(c3ccccc3)O[C@@H]2C1OC(=O)OCC1c2ccccc2-c2ccccc21. The van der Waals surface area contributed by atoms with Gasteiger partial charge in [-0.1, -0.05) is 78.9 Å². The summed E-state index contributed by atoms with van der Waals surface area (Å²) in [7, 11) is 6.28. The first-order chi connectivity index (χ1) is 17.2. The maximum absolute atomic E-state index is 12.8. The van der Waals surface area contributed by atoms with Crippen molar-refractivity contribution in [2.75, 3.05) is 19.8 Å². The van der Waals surface area contributed by atoms with Crippen molar-refractivity contribution in [2.24, 2.45) is 0 Å². The summed E-state index contributed by atoms with van der Waals surface area (Å²) in [5.41, 5.74) is 5.50. The van der Waals surface area contributed by atoms with Gasteiger partial charge in [0.1, 0.15) is 24.9 Å². The number of hydrogen-bond donors (Lipinski definition) is 0. The molecule has 1 aliphatic carbocycles. The molecule has 0 saturated carbocycles. The van der Waals surface area contributed by atoms with Crippen LogP contribution in [0, 0.1) is 0 Å². The Morgan fingerprint density at radius 2 is 1.51 bits per heavy atom. The molecule has 176 valence electrons. The van der Waals surface area contributed by atoms with Gasteiger partial charge in [-0.25, -0.2) is 4.79 Å². The zero-order valence-electron chi connectivity index (χ0n) is 19.1. The molecule has 0 amide bonds. The lowest BCUT2D eigenvalue weighted by Gasteiger charge is -2.45. The summed E-state index contributed by atoms with van der Waals surface area (Å²) in [6.07, 6.45) is -2.99. The highest BCUT2D eigenvalue weighted by Crippen LogP contribution is 2.44. The molecule has 4 unspecified atom stereocenters. The molecule has 5 atom stereocenters. The molecule has 6 rings (SSSR count). The third-order valence-corrected chi connectivity index (χ3v) is 6.94. The highest BCUT2D eigenvalue weighted by atomic mass is 16.8. The van der Waals surface area contributed by atoms with E-state index in [1.165, 1.54) is 11.1 Å². The Morgan fingerprint density at radius 1 is 0.857 bits per heavy atom. The lowest BCUT2D eigenvalue weighted by Crippen LogP contribution is -2.56. The van der Waals surface area contributed by atoms with Gasteiger partial charge in [-0.05, 0) is 28.1 Å². The number of benzene rings is 3. The van der Waals surface area contributed by atoms with E-state index in [1.54, 1.807) is 0 Å². The van der Waals surface area contributed by atoms with Gasteiger partial charge in [-0.3, -0.25) is 0 Å². The van der Waals surface area contributed by atoms with E-state index in [4.69, 9.17) is 31.5 Å². The van der Waals surface area contributed by atoms with Crippen LogP contribution >= 0.6 is 0 Å². The summed E-state index contributed by atoms with van der Waals surface area (Å²) in [4.78, 5) is 12.8. The topological polar surface area (TPSA) is 63.2 Å². The Labute approximate surface area is 205 Å². The average molecular weight is 468 g/mol. The first kappa shape index (κ1) is 22.3. The number of carbonyl (C=O) groups is 1. The Balaban J connectivity index is 1.14.